The molecule has 0 amide bonds. The summed E-state index contributed by atoms with van der Waals surface area (Å²) in [6.45, 7) is 12.3. The Balaban J connectivity index is 2.05. The van der Waals surface area contributed by atoms with E-state index in [9.17, 15) is 5.11 Å². The summed E-state index contributed by atoms with van der Waals surface area (Å²) < 4.78 is 5.79. The van der Waals surface area contributed by atoms with Crippen molar-refractivity contribution in [2.75, 3.05) is 13.2 Å². The van der Waals surface area contributed by atoms with Gasteiger partial charge < -0.3 is 15.2 Å². The SMILES string of the molecule is CCO[C@H]1C[C@@](CO)(NCc2ccc(C)c(C)c2)C1(C)C. The monoisotopic (exact) mass is 291 g/mol. The molecule has 0 unspecified atom stereocenters. The van der Waals surface area contributed by atoms with Crippen LogP contribution in [0.3, 0.4) is 0 Å². The van der Waals surface area contributed by atoms with Gasteiger partial charge in [-0.05, 0) is 43.9 Å². The Kier molecular flexibility index (Phi) is 4.76. The van der Waals surface area contributed by atoms with E-state index in [0.717, 1.165) is 19.6 Å². The van der Waals surface area contributed by atoms with Gasteiger partial charge in [0.2, 0.25) is 0 Å². The van der Waals surface area contributed by atoms with Crippen LogP contribution in [0.15, 0.2) is 18.2 Å². The van der Waals surface area contributed by atoms with Crippen LogP contribution in [-0.4, -0.2) is 30.0 Å². The van der Waals surface area contributed by atoms with Gasteiger partial charge in [-0.15, -0.1) is 0 Å². The van der Waals surface area contributed by atoms with E-state index < -0.39 is 0 Å². The lowest BCUT2D eigenvalue weighted by Crippen LogP contribution is -2.73. The zero-order valence-electron chi connectivity index (χ0n) is 14.0. The molecule has 3 heteroatoms. The second-order valence-electron chi connectivity index (χ2n) is 6.88. The summed E-state index contributed by atoms with van der Waals surface area (Å²) >= 11 is 0. The van der Waals surface area contributed by atoms with Crippen LogP contribution in [0.5, 0.6) is 0 Å². The van der Waals surface area contributed by atoms with Crippen molar-refractivity contribution in [2.24, 2.45) is 5.41 Å². The maximum atomic E-state index is 9.92. The summed E-state index contributed by atoms with van der Waals surface area (Å²) in [4.78, 5) is 0. The molecule has 2 N–H and O–H groups in total. The quantitative estimate of drug-likeness (QED) is 0.846. The van der Waals surface area contributed by atoms with Crippen molar-refractivity contribution >= 4 is 0 Å². The molecule has 1 aromatic carbocycles. The first-order valence-electron chi connectivity index (χ1n) is 7.90. The highest BCUT2D eigenvalue weighted by Crippen LogP contribution is 2.51. The molecule has 21 heavy (non-hydrogen) atoms. The minimum Gasteiger partial charge on any atom is -0.394 e. The third-order valence-electron chi connectivity index (χ3n) is 5.41. The van der Waals surface area contributed by atoms with E-state index >= 15 is 0 Å². The molecule has 0 aliphatic heterocycles. The van der Waals surface area contributed by atoms with Gasteiger partial charge in [0.15, 0.2) is 0 Å². The van der Waals surface area contributed by atoms with Crippen LogP contribution in [0.2, 0.25) is 0 Å². The topological polar surface area (TPSA) is 41.5 Å². The van der Waals surface area contributed by atoms with Crippen LogP contribution in [0.4, 0.5) is 0 Å². The Morgan fingerprint density at radius 3 is 2.52 bits per heavy atom. The van der Waals surface area contributed by atoms with Crippen LogP contribution < -0.4 is 5.32 Å². The van der Waals surface area contributed by atoms with E-state index in [2.05, 4.69) is 51.2 Å². The van der Waals surface area contributed by atoms with Gasteiger partial charge in [-0.25, -0.2) is 0 Å². The average molecular weight is 291 g/mol. The van der Waals surface area contributed by atoms with Crippen LogP contribution in [-0.2, 0) is 11.3 Å². The summed E-state index contributed by atoms with van der Waals surface area (Å²) in [5, 5.41) is 13.5. The molecule has 1 aliphatic rings. The molecule has 0 saturated heterocycles. The molecule has 0 heterocycles. The Bertz CT molecular complexity index is 498. The second kappa shape index (κ2) is 6.07. The Hall–Kier alpha value is -0.900. The lowest BCUT2D eigenvalue weighted by molar-refractivity contribution is -0.177. The maximum Gasteiger partial charge on any atom is 0.0663 e. The number of aliphatic hydroxyl groups is 1. The van der Waals surface area contributed by atoms with Crippen molar-refractivity contribution in [3.05, 3.63) is 34.9 Å². The number of hydrogen-bond acceptors (Lipinski definition) is 3. The molecule has 1 fully saturated rings. The second-order valence-corrected chi connectivity index (χ2v) is 6.88. The highest BCUT2D eigenvalue weighted by Gasteiger charge is 2.60. The lowest BCUT2D eigenvalue weighted by atomic mass is 9.54. The van der Waals surface area contributed by atoms with Gasteiger partial charge in [0, 0.05) is 18.6 Å². The van der Waals surface area contributed by atoms with Gasteiger partial charge in [-0.3, -0.25) is 0 Å². The third kappa shape index (κ3) is 2.87. The largest absolute Gasteiger partial charge is 0.394 e. The van der Waals surface area contributed by atoms with Crippen molar-refractivity contribution in [3.63, 3.8) is 0 Å². The van der Waals surface area contributed by atoms with Crippen LogP contribution in [0.1, 0.15) is 43.9 Å². The molecule has 118 valence electrons. The minimum absolute atomic E-state index is 0.0580. The number of ether oxygens (including phenoxy) is 1. The van der Waals surface area contributed by atoms with Crippen molar-refractivity contribution in [1.82, 2.24) is 5.32 Å². The predicted molar refractivity (Wildman–Crippen MR) is 86.4 cm³/mol. The van der Waals surface area contributed by atoms with Crippen LogP contribution >= 0.6 is 0 Å². The maximum absolute atomic E-state index is 9.92. The molecule has 1 aromatic rings. The average Bonchev–Trinajstić information content (AvgIpc) is 2.45. The Labute approximate surface area is 128 Å². The Morgan fingerprint density at radius 1 is 1.29 bits per heavy atom. The third-order valence-corrected chi connectivity index (χ3v) is 5.41. The highest BCUT2D eigenvalue weighted by molar-refractivity contribution is 5.30. The molecule has 0 radical (unpaired) electrons. The van der Waals surface area contributed by atoms with Gasteiger partial charge in [-0.1, -0.05) is 32.0 Å². The molecule has 0 bridgehead atoms. The predicted octanol–water partition coefficient (Wildman–Crippen LogP) is 2.96. The zero-order chi connectivity index (χ0) is 15.7. The first kappa shape index (κ1) is 16.5. The van der Waals surface area contributed by atoms with E-state index in [1.54, 1.807) is 0 Å². The molecular weight excluding hydrogens is 262 g/mol. The van der Waals surface area contributed by atoms with E-state index in [1.165, 1.54) is 16.7 Å². The van der Waals surface area contributed by atoms with E-state index in [0.29, 0.717) is 0 Å². The molecule has 2 atom stereocenters. The van der Waals surface area contributed by atoms with E-state index in [-0.39, 0.29) is 23.7 Å². The van der Waals surface area contributed by atoms with E-state index in [1.807, 2.05) is 6.92 Å². The first-order chi connectivity index (χ1) is 9.86. The number of aliphatic hydroxyl groups excluding tert-OH is 1. The van der Waals surface area contributed by atoms with Crippen molar-refractivity contribution in [1.29, 1.82) is 0 Å². The van der Waals surface area contributed by atoms with Crippen molar-refractivity contribution in [3.8, 4) is 0 Å². The molecule has 1 aliphatic carbocycles. The zero-order valence-corrected chi connectivity index (χ0v) is 14.0. The number of hydrogen-bond donors (Lipinski definition) is 2. The molecular formula is C18H29NO2. The molecule has 0 spiro atoms. The van der Waals surface area contributed by atoms with Gasteiger partial charge in [0.25, 0.3) is 0 Å². The van der Waals surface area contributed by atoms with Gasteiger partial charge in [0.05, 0.1) is 18.2 Å². The minimum atomic E-state index is -0.244. The number of aryl methyl sites for hydroxylation is 2. The van der Waals surface area contributed by atoms with Crippen molar-refractivity contribution < 1.29 is 9.84 Å². The summed E-state index contributed by atoms with van der Waals surface area (Å²) in [6, 6.07) is 6.54. The van der Waals surface area contributed by atoms with Gasteiger partial charge >= 0.3 is 0 Å². The standard InChI is InChI=1S/C18H29NO2/c1-6-21-16-10-18(12-20,17(16,4)5)19-11-15-8-7-13(2)14(3)9-15/h7-9,16,19-20H,6,10-12H2,1-5H3/t16-,18-/m0/s1. The number of benzene rings is 1. The fourth-order valence-corrected chi connectivity index (χ4v) is 3.29. The highest BCUT2D eigenvalue weighted by atomic mass is 16.5. The van der Waals surface area contributed by atoms with Gasteiger partial charge in [0.1, 0.15) is 0 Å². The summed E-state index contributed by atoms with van der Waals surface area (Å²) in [6.07, 6.45) is 1.09. The van der Waals surface area contributed by atoms with Crippen LogP contribution in [0.25, 0.3) is 0 Å². The molecule has 2 rings (SSSR count). The van der Waals surface area contributed by atoms with Gasteiger partial charge in [-0.2, -0.15) is 0 Å². The molecule has 0 aromatic heterocycles. The molecule has 3 nitrogen and oxygen atoms in total. The molecule has 1 saturated carbocycles. The Morgan fingerprint density at radius 2 is 2.00 bits per heavy atom. The summed E-state index contributed by atoms with van der Waals surface area (Å²) in [5.41, 5.74) is 3.59. The summed E-state index contributed by atoms with van der Waals surface area (Å²) in [5.74, 6) is 0. The summed E-state index contributed by atoms with van der Waals surface area (Å²) in [7, 11) is 0. The van der Waals surface area contributed by atoms with Crippen molar-refractivity contribution in [2.45, 2.75) is 59.2 Å². The number of rotatable bonds is 6. The fourth-order valence-electron chi connectivity index (χ4n) is 3.29. The normalized spacial score (nSPS) is 27.4. The fraction of sp³-hybridized carbons (Fsp3) is 0.667. The number of nitrogens with one attached hydrogen (secondary N) is 1. The lowest BCUT2D eigenvalue weighted by Gasteiger charge is -2.60. The smallest absolute Gasteiger partial charge is 0.0663 e. The first-order valence-corrected chi connectivity index (χ1v) is 7.90. The van der Waals surface area contributed by atoms with E-state index in [4.69, 9.17) is 4.74 Å². The van der Waals surface area contributed by atoms with Crippen LogP contribution in [0, 0.1) is 19.3 Å².